The summed E-state index contributed by atoms with van der Waals surface area (Å²) in [6.45, 7) is 17.4. The van der Waals surface area contributed by atoms with Crippen LogP contribution in [0.3, 0.4) is 0 Å². The van der Waals surface area contributed by atoms with Gasteiger partial charge in [0.1, 0.15) is 5.60 Å². The van der Waals surface area contributed by atoms with E-state index < -0.39 is 5.60 Å². The maximum atomic E-state index is 12.3. The Morgan fingerprint density at radius 2 is 1.94 bits per heavy atom. The molecule has 1 aromatic rings. The van der Waals surface area contributed by atoms with Gasteiger partial charge in [0.05, 0.1) is 18.2 Å². The molecule has 3 heterocycles. The third kappa shape index (κ3) is 4.04. The Morgan fingerprint density at radius 1 is 1.26 bits per heavy atom. The summed E-state index contributed by atoms with van der Waals surface area (Å²) < 4.78 is 13.3. The molecule has 1 amide bonds. The molecule has 3 aliphatic rings. The van der Waals surface area contributed by atoms with Crippen molar-refractivity contribution in [1.29, 1.82) is 0 Å². The highest BCUT2D eigenvalue weighted by molar-refractivity contribution is 5.69. The van der Waals surface area contributed by atoms with Gasteiger partial charge in [-0.25, -0.2) is 4.79 Å². The van der Waals surface area contributed by atoms with E-state index in [4.69, 9.17) is 14.6 Å². The fourth-order valence-corrected chi connectivity index (χ4v) is 5.50. The highest BCUT2D eigenvalue weighted by Gasteiger charge is 2.55. The fraction of sp³-hybridized carbons (Fsp3) is 0.826. The smallest absolute Gasteiger partial charge is 0.410 e. The maximum Gasteiger partial charge on any atom is 0.410 e. The van der Waals surface area contributed by atoms with E-state index in [-0.39, 0.29) is 17.0 Å². The fourth-order valence-electron chi connectivity index (χ4n) is 5.50. The van der Waals surface area contributed by atoms with Crippen LogP contribution in [0.1, 0.15) is 57.8 Å². The lowest BCUT2D eigenvalue weighted by Crippen LogP contribution is -2.64. The van der Waals surface area contributed by atoms with E-state index in [1.807, 2.05) is 25.7 Å². The van der Waals surface area contributed by atoms with Crippen LogP contribution >= 0.6 is 0 Å². The second-order valence-electron chi connectivity index (χ2n) is 11.1. The molecule has 0 aromatic carbocycles. The molecule has 2 aliphatic heterocycles. The Labute approximate surface area is 186 Å². The Kier molecular flexibility index (Phi) is 5.53. The van der Waals surface area contributed by atoms with Crippen LogP contribution in [0.2, 0.25) is 0 Å². The third-order valence-electron chi connectivity index (χ3n) is 7.19. The summed E-state index contributed by atoms with van der Waals surface area (Å²) in [6, 6.07) is 0.407. The highest BCUT2D eigenvalue weighted by atomic mass is 16.6. The molecule has 4 rings (SSSR count). The number of methoxy groups -OCH3 is 1. The number of nitrogens with one attached hydrogen (secondary N) is 1. The Morgan fingerprint density at radius 3 is 2.55 bits per heavy atom. The van der Waals surface area contributed by atoms with Crippen LogP contribution in [0.25, 0.3) is 0 Å². The summed E-state index contributed by atoms with van der Waals surface area (Å²) in [5, 5.41) is 8.61. The van der Waals surface area contributed by atoms with Crippen molar-refractivity contribution in [3.05, 3.63) is 11.3 Å². The van der Waals surface area contributed by atoms with Crippen LogP contribution in [0.5, 0.6) is 0 Å². The van der Waals surface area contributed by atoms with E-state index in [0.29, 0.717) is 12.6 Å². The molecule has 0 unspecified atom stereocenters. The number of aromatic nitrogens is 2. The summed E-state index contributed by atoms with van der Waals surface area (Å²) in [7, 11) is 1.77. The molecule has 0 radical (unpaired) electrons. The van der Waals surface area contributed by atoms with Crippen molar-refractivity contribution < 1.29 is 14.3 Å². The first-order valence-corrected chi connectivity index (χ1v) is 11.5. The molecule has 174 valence electrons. The van der Waals surface area contributed by atoms with Crippen LogP contribution in [-0.2, 0) is 9.47 Å². The third-order valence-corrected chi connectivity index (χ3v) is 7.19. The van der Waals surface area contributed by atoms with Crippen molar-refractivity contribution >= 4 is 11.9 Å². The van der Waals surface area contributed by atoms with E-state index in [2.05, 4.69) is 35.7 Å². The Hall–Kier alpha value is -1.80. The van der Waals surface area contributed by atoms with Crippen LogP contribution in [0, 0.1) is 19.3 Å². The van der Waals surface area contributed by atoms with E-state index in [1.165, 1.54) is 11.3 Å². The minimum absolute atomic E-state index is 0.105. The van der Waals surface area contributed by atoms with Crippen molar-refractivity contribution in [2.75, 3.05) is 51.3 Å². The summed E-state index contributed by atoms with van der Waals surface area (Å²) >= 11 is 0. The van der Waals surface area contributed by atoms with E-state index in [1.54, 1.807) is 7.11 Å². The van der Waals surface area contributed by atoms with Crippen molar-refractivity contribution in [2.45, 2.75) is 71.6 Å². The quantitative estimate of drug-likeness (QED) is 0.787. The van der Waals surface area contributed by atoms with Gasteiger partial charge in [-0.05, 0) is 54.4 Å². The average molecular weight is 434 g/mol. The number of ether oxygens (including phenoxy) is 2. The van der Waals surface area contributed by atoms with Gasteiger partial charge in [0.25, 0.3) is 0 Å². The number of amides is 1. The van der Waals surface area contributed by atoms with Gasteiger partial charge in [0.15, 0.2) is 5.82 Å². The molecule has 8 nitrogen and oxygen atoms in total. The monoisotopic (exact) mass is 433 g/mol. The first-order valence-electron chi connectivity index (χ1n) is 11.5. The van der Waals surface area contributed by atoms with E-state index in [9.17, 15) is 4.79 Å². The van der Waals surface area contributed by atoms with Crippen molar-refractivity contribution in [3.63, 3.8) is 0 Å². The number of rotatable bonds is 4. The minimum atomic E-state index is -0.441. The van der Waals surface area contributed by atoms with Gasteiger partial charge in [0.2, 0.25) is 0 Å². The number of piperazine rings is 1. The summed E-state index contributed by atoms with van der Waals surface area (Å²) in [6.07, 6.45) is 1.96. The predicted molar refractivity (Wildman–Crippen MR) is 121 cm³/mol. The number of carbonyl (C=O) groups is 1. The molecule has 1 N–H and O–H groups in total. The summed E-state index contributed by atoms with van der Waals surface area (Å²) in [4.78, 5) is 16.5. The van der Waals surface area contributed by atoms with Crippen LogP contribution in [-0.4, -0.2) is 78.4 Å². The minimum Gasteiger partial charge on any atom is -0.444 e. The zero-order valence-electron chi connectivity index (χ0n) is 20.2. The largest absolute Gasteiger partial charge is 0.444 e. The molecule has 1 aliphatic carbocycles. The number of likely N-dealkylation sites (tertiary alicyclic amines) is 1. The molecule has 1 saturated carbocycles. The van der Waals surface area contributed by atoms with Crippen molar-refractivity contribution in [2.24, 2.45) is 5.41 Å². The van der Waals surface area contributed by atoms with Crippen molar-refractivity contribution in [1.82, 2.24) is 20.0 Å². The van der Waals surface area contributed by atoms with Gasteiger partial charge < -0.3 is 24.6 Å². The molecule has 2 saturated heterocycles. The van der Waals surface area contributed by atoms with Gasteiger partial charge in [-0.2, -0.15) is 5.10 Å². The lowest BCUT2D eigenvalue weighted by molar-refractivity contribution is -0.0931. The normalized spacial score (nSPS) is 26.0. The maximum absolute atomic E-state index is 12.3. The SMILES string of the molecule is COC[C@@]1(C)CNCCN1c1nn(C2CC3(C2)CN(C(=O)OC(C)(C)C)C3)c(C)c1C. The first-order chi connectivity index (χ1) is 14.5. The Balaban J connectivity index is 1.42. The number of anilines is 1. The number of nitrogens with zero attached hydrogens (tertiary/aromatic N) is 4. The Bertz CT molecular complexity index is 827. The molecule has 8 heteroatoms. The molecule has 3 fully saturated rings. The van der Waals surface area contributed by atoms with E-state index >= 15 is 0 Å². The first kappa shape index (κ1) is 22.4. The van der Waals surface area contributed by atoms with Gasteiger partial charge in [0, 0.05) is 56.5 Å². The summed E-state index contributed by atoms with van der Waals surface area (Å²) in [5.74, 6) is 1.09. The molecule has 31 heavy (non-hydrogen) atoms. The molecule has 1 spiro atoms. The topological polar surface area (TPSA) is 71.9 Å². The van der Waals surface area contributed by atoms with Crippen LogP contribution in [0.15, 0.2) is 0 Å². The summed E-state index contributed by atoms with van der Waals surface area (Å²) in [5.41, 5.74) is 2.20. The molecule has 0 bridgehead atoms. The second kappa shape index (κ2) is 7.66. The zero-order valence-corrected chi connectivity index (χ0v) is 20.2. The molecule has 1 atom stereocenters. The van der Waals surface area contributed by atoms with Gasteiger partial charge in [-0.1, -0.05) is 0 Å². The van der Waals surface area contributed by atoms with E-state index in [0.717, 1.165) is 51.4 Å². The highest BCUT2D eigenvalue weighted by Crippen LogP contribution is 2.54. The molecular weight excluding hydrogens is 394 g/mol. The number of hydrogen-bond acceptors (Lipinski definition) is 6. The molecular formula is C23H39N5O3. The lowest BCUT2D eigenvalue weighted by Gasteiger charge is -2.58. The van der Waals surface area contributed by atoms with Crippen LogP contribution < -0.4 is 10.2 Å². The van der Waals surface area contributed by atoms with Gasteiger partial charge in [-0.15, -0.1) is 0 Å². The lowest BCUT2D eigenvalue weighted by atomic mass is 9.61. The standard InChI is InChI=1S/C23H39N5O3/c1-16-17(2)28(25-19(16)27-9-8-24-12-22(27,6)15-30-7)18-10-23(11-18)13-26(14-23)20(29)31-21(3,4)5/h18,24H,8-15H2,1-7H3/t22-/m1/s1. The predicted octanol–water partition coefficient (Wildman–Crippen LogP) is 2.89. The second-order valence-corrected chi connectivity index (χ2v) is 11.1. The van der Waals surface area contributed by atoms with Gasteiger partial charge in [-0.3, -0.25) is 4.68 Å². The van der Waals surface area contributed by atoms with Crippen LogP contribution in [0.4, 0.5) is 10.6 Å². The number of carbonyl (C=O) groups excluding carboxylic acids is 1. The van der Waals surface area contributed by atoms with Crippen molar-refractivity contribution in [3.8, 4) is 0 Å². The van der Waals surface area contributed by atoms with Gasteiger partial charge >= 0.3 is 6.09 Å². The number of hydrogen-bond donors (Lipinski definition) is 1. The molecule has 1 aromatic heterocycles. The zero-order chi connectivity index (χ0) is 22.6. The average Bonchev–Trinajstić information content (AvgIpc) is 2.87.